The van der Waals surface area contributed by atoms with Gasteiger partial charge >= 0.3 is 0 Å². The van der Waals surface area contributed by atoms with E-state index in [4.69, 9.17) is 15.0 Å². The number of nitriles is 1. The maximum atomic E-state index is 9.44. The van der Waals surface area contributed by atoms with E-state index in [1.807, 2.05) is 30.3 Å². The van der Waals surface area contributed by atoms with Crippen LogP contribution >= 0.6 is 11.3 Å². The highest BCUT2D eigenvalue weighted by molar-refractivity contribution is 7.25. The van der Waals surface area contributed by atoms with Crippen molar-refractivity contribution in [2.75, 3.05) is 0 Å². The van der Waals surface area contributed by atoms with E-state index >= 15 is 0 Å². The minimum Gasteiger partial charge on any atom is -0.208 e. The van der Waals surface area contributed by atoms with Gasteiger partial charge in [0.25, 0.3) is 0 Å². The Morgan fingerprint density at radius 1 is 0.328 bits per heavy atom. The van der Waals surface area contributed by atoms with Crippen LogP contribution < -0.4 is 0 Å². The molecular formula is C56H30N4S. The molecule has 0 bridgehead atoms. The van der Waals surface area contributed by atoms with E-state index < -0.39 is 0 Å². The Labute approximate surface area is 353 Å². The first-order chi connectivity index (χ1) is 30.1. The number of benzene rings is 10. The molecule has 0 fully saturated rings. The van der Waals surface area contributed by atoms with Crippen molar-refractivity contribution in [1.82, 2.24) is 15.0 Å². The Morgan fingerprint density at radius 2 is 0.820 bits per heavy atom. The van der Waals surface area contributed by atoms with E-state index in [0.717, 1.165) is 38.6 Å². The third-order valence-corrected chi connectivity index (χ3v) is 13.6. The Hall–Kier alpha value is -8.04. The molecule has 0 unspecified atom stereocenters. The second kappa shape index (κ2) is 13.0. The van der Waals surface area contributed by atoms with Crippen molar-refractivity contribution >= 4 is 96.1 Å². The lowest BCUT2D eigenvalue weighted by atomic mass is 9.87. The van der Waals surface area contributed by atoms with Gasteiger partial charge in [-0.25, -0.2) is 15.0 Å². The van der Waals surface area contributed by atoms with Crippen molar-refractivity contribution in [3.8, 4) is 51.4 Å². The van der Waals surface area contributed by atoms with Crippen LogP contribution in [0, 0.1) is 11.3 Å². The van der Waals surface area contributed by atoms with Crippen molar-refractivity contribution < 1.29 is 0 Å². The predicted octanol–water partition coefficient (Wildman–Crippen LogP) is 15.1. The Balaban J connectivity index is 1.11. The molecule has 0 N–H and O–H groups in total. The molecule has 5 heteroatoms. The van der Waals surface area contributed by atoms with Gasteiger partial charge in [-0.05, 0) is 130 Å². The summed E-state index contributed by atoms with van der Waals surface area (Å²) >= 11 is 1.80. The number of thiophene rings is 1. The zero-order valence-electron chi connectivity index (χ0n) is 32.5. The summed E-state index contributed by atoms with van der Waals surface area (Å²) in [5, 5.41) is 26.5. The molecule has 0 aliphatic rings. The Kier molecular flexibility index (Phi) is 7.21. The van der Waals surface area contributed by atoms with Crippen molar-refractivity contribution in [3.05, 3.63) is 188 Å². The number of nitrogens with zero attached hydrogens (tertiary/aromatic N) is 4. The third-order valence-electron chi connectivity index (χ3n) is 12.4. The highest BCUT2D eigenvalue weighted by atomic mass is 32.1. The average Bonchev–Trinajstić information content (AvgIpc) is 3.70. The molecule has 2 heterocycles. The number of hydrogen-bond donors (Lipinski definition) is 0. The van der Waals surface area contributed by atoms with Gasteiger partial charge in [0.1, 0.15) is 0 Å². The summed E-state index contributed by atoms with van der Waals surface area (Å²) in [6.07, 6.45) is 0. The molecule has 0 atom stereocenters. The summed E-state index contributed by atoms with van der Waals surface area (Å²) in [5.74, 6) is 1.82. The topological polar surface area (TPSA) is 62.5 Å². The summed E-state index contributed by atoms with van der Waals surface area (Å²) < 4.78 is 2.49. The van der Waals surface area contributed by atoms with Crippen molar-refractivity contribution in [2.24, 2.45) is 0 Å². The third kappa shape index (κ3) is 5.20. The number of aromatic nitrogens is 3. The van der Waals surface area contributed by atoms with Crippen LogP contribution in [-0.4, -0.2) is 15.0 Å². The van der Waals surface area contributed by atoms with Gasteiger partial charge in [-0.3, -0.25) is 0 Å². The Bertz CT molecular complexity index is 4000. The fourth-order valence-electron chi connectivity index (χ4n) is 9.62. The summed E-state index contributed by atoms with van der Waals surface area (Å²) in [6, 6.07) is 67.1. The van der Waals surface area contributed by atoms with Crippen LogP contribution in [0.4, 0.5) is 0 Å². The average molecular weight is 791 g/mol. The van der Waals surface area contributed by atoms with Crippen LogP contribution in [-0.2, 0) is 0 Å². The fraction of sp³-hybridized carbons (Fsp3) is 0. The van der Waals surface area contributed by atoms with Crippen LogP contribution in [0.3, 0.4) is 0 Å². The molecule has 0 aliphatic heterocycles. The molecule has 11 aromatic carbocycles. The first kappa shape index (κ1) is 33.9. The summed E-state index contributed by atoms with van der Waals surface area (Å²) in [4.78, 5) is 15.9. The second-order valence-electron chi connectivity index (χ2n) is 15.8. The lowest BCUT2D eigenvalue weighted by molar-refractivity contribution is 1.08. The van der Waals surface area contributed by atoms with E-state index in [9.17, 15) is 5.26 Å². The first-order valence-corrected chi connectivity index (χ1v) is 21.2. The van der Waals surface area contributed by atoms with Crippen molar-refractivity contribution in [2.45, 2.75) is 0 Å². The van der Waals surface area contributed by atoms with Crippen molar-refractivity contribution in [1.29, 1.82) is 5.26 Å². The summed E-state index contributed by atoms with van der Waals surface area (Å²) in [5.41, 5.74) is 5.40. The molecule has 280 valence electrons. The van der Waals surface area contributed by atoms with Gasteiger partial charge in [0.15, 0.2) is 17.5 Å². The minimum atomic E-state index is 0.593. The molecule has 0 amide bonds. The predicted molar refractivity (Wildman–Crippen MR) is 255 cm³/mol. The van der Waals surface area contributed by atoms with Crippen molar-refractivity contribution in [3.63, 3.8) is 0 Å². The SMILES string of the molecule is N#Cc1ccc(-c2cccc(-c3nc(-c4ccc5sc6ccccc6c5c4)nc(-c4cc5ccc6cccc7c8cccc9ccc%10cccc(c(c4)c5c67)c%10c98)n3)c2)cc1. The zero-order valence-corrected chi connectivity index (χ0v) is 33.3. The second-order valence-corrected chi connectivity index (χ2v) is 16.9. The smallest absolute Gasteiger partial charge is 0.164 e. The number of rotatable bonds is 4. The van der Waals surface area contributed by atoms with E-state index in [2.05, 4.69) is 158 Å². The van der Waals surface area contributed by atoms with E-state index in [1.165, 1.54) is 74.0 Å². The molecule has 13 aromatic rings. The van der Waals surface area contributed by atoms with E-state index in [-0.39, 0.29) is 0 Å². The first-order valence-electron chi connectivity index (χ1n) is 20.4. The molecule has 0 radical (unpaired) electrons. The largest absolute Gasteiger partial charge is 0.208 e. The monoisotopic (exact) mass is 790 g/mol. The van der Waals surface area contributed by atoms with Crippen LogP contribution in [0.5, 0.6) is 0 Å². The maximum Gasteiger partial charge on any atom is 0.164 e. The molecule has 13 rings (SSSR count). The molecular weight excluding hydrogens is 761 g/mol. The molecule has 4 nitrogen and oxygen atoms in total. The van der Waals surface area contributed by atoms with Gasteiger partial charge < -0.3 is 0 Å². The van der Waals surface area contributed by atoms with Gasteiger partial charge in [0, 0.05) is 36.9 Å². The van der Waals surface area contributed by atoms with Crippen LogP contribution in [0.25, 0.3) is 130 Å². The van der Waals surface area contributed by atoms with Crippen LogP contribution in [0.1, 0.15) is 5.56 Å². The Morgan fingerprint density at radius 3 is 1.49 bits per heavy atom. The maximum absolute atomic E-state index is 9.44. The summed E-state index contributed by atoms with van der Waals surface area (Å²) in [6.45, 7) is 0. The normalized spacial score (nSPS) is 11.9. The standard InChI is InChI=1S/C56H30N4S/c57-31-32-17-19-33(20-18-32)37-10-3-11-39(27-37)54-58-55(40-25-26-49-46(29-40)42-12-1-2-16-48(42)61-49)60-56(59-54)41-28-38-24-23-36-8-5-14-44-43-13-4-7-34-21-22-35-9-6-15-45(52(35)50(34)43)47(30-41)53(38)51(36)44/h1-30H. The summed E-state index contributed by atoms with van der Waals surface area (Å²) in [7, 11) is 0. The molecule has 61 heavy (non-hydrogen) atoms. The lowest BCUT2D eigenvalue weighted by Gasteiger charge is -2.17. The molecule has 0 aliphatic carbocycles. The molecule has 2 aromatic heterocycles. The fourth-order valence-corrected chi connectivity index (χ4v) is 10.7. The zero-order chi connectivity index (χ0) is 40.2. The van der Waals surface area contributed by atoms with Gasteiger partial charge in [-0.15, -0.1) is 11.3 Å². The highest BCUT2D eigenvalue weighted by Crippen LogP contribution is 2.45. The molecule has 0 saturated carbocycles. The minimum absolute atomic E-state index is 0.593. The highest BCUT2D eigenvalue weighted by Gasteiger charge is 2.19. The van der Waals surface area contributed by atoms with Crippen LogP contribution in [0.2, 0.25) is 0 Å². The lowest BCUT2D eigenvalue weighted by Crippen LogP contribution is -2.00. The van der Waals surface area contributed by atoms with Gasteiger partial charge in [0.05, 0.1) is 11.6 Å². The number of fused-ring (bicyclic) bond motifs is 5. The molecule has 0 spiro atoms. The van der Waals surface area contributed by atoms with E-state index in [1.54, 1.807) is 11.3 Å². The van der Waals surface area contributed by atoms with Crippen LogP contribution in [0.15, 0.2) is 182 Å². The van der Waals surface area contributed by atoms with Gasteiger partial charge in [-0.2, -0.15) is 5.26 Å². The molecule has 0 saturated heterocycles. The number of hydrogen-bond acceptors (Lipinski definition) is 5. The van der Waals surface area contributed by atoms with Gasteiger partial charge in [-0.1, -0.05) is 127 Å². The van der Waals surface area contributed by atoms with Gasteiger partial charge in [0.2, 0.25) is 0 Å². The van der Waals surface area contributed by atoms with E-state index in [0.29, 0.717) is 23.0 Å². The quantitative estimate of drug-likeness (QED) is 0.167.